The number of benzene rings is 1. The van der Waals surface area contributed by atoms with Gasteiger partial charge in [0.25, 0.3) is 0 Å². The first-order valence-corrected chi connectivity index (χ1v) is 7.21. The van der Waals surface area contributed by atoms with E-state index in [0.29, 0.717) is 15.4 Å². The maximum Gasteiger partial charge on any atom is 0.136 e. The summed E-state index contributed by atoms with van der Waals surface area (Å²) in [4.78, 5) is 0. The number of phenols is 1. The minimum absolute atomic E-state index is 0.0936. The van der Waals surface area contributed by atoms with Gasteiger partial charge in [-0.3, -0.25) is 0 Å². The van der Waals surface area contributed by atoms with E-state index in [2.05, 4.69) is 15.9 Å². The SMILES string of the molecule is N[C@H](c1ccc(Cl)c(Br)c1O)C1CCCCC1. The second-order valence-electron chi connectivity index (χ2n) is 4.72. The number of aromatic hydroxyl groups is 1. The van der Waals surface area contributed by atoms with Crippen molar-refractivity contribution in [3.63, 3.8) is 0 Å². The molecule has 1 aliphatic carbocycles. The molecule has 0 saturated heterocycles. The van der Waals surface area contributed by atoms with Crippen molar-refractivity contribution >= 4 is 27.5 Å². The molecule has 2 nitrogen and oxygen atoms in total. The number of hydrogen-bond donors (Lipinski definition) is 2. The molecule has 17 heavy (non-hydrogen) atoms. The molecule has 0 radical (unpaired) electrons. The lowest BCUT2D eigenvalue weighted by Gasteiger charge is -2.28. The molecule has 0 amide bonds. The third kappa shape index (κ3) is 2.78. The molecule has 0 spiro atoms. The predicted molar refractivity (Wildman–Crippen MR) is 74.3 cm³/mol. The van der Waals surface area contributed by atoms with Gasteiger partial charge in [0.2, 0.25) is 0 Å². The number of rotatable bonds is 2. The van der Waals surface area contributed by atoms with E-state index in [4.69, 9.17) is 17.3 Å². The second-order valence-corrected chi connectivity index (χ2v) is 5.92. The molecule has 1 atom stereocenters. The number of halogens is 2. The van der Waals surface area contributed by atoms with Gasteiger partial charge in [-0.1, -0.05) is 36.9 Å². The van der Waals surface area contributed by atoms with Gasteiger partial charge < -0.3 is 10.8 Å². The maximum atomic E-state index is 10.1. The van der Waals surface area contributed by atoms with Gasteiger partial charge in [-0.05, 0) is 40.8 Å². The molecule has 1 aromatic carbocycles. The fourth-order valence-corrected chi connectivity index (χ4v) is 3.08. The van der Waals surface area contributed by atoms with Crippen molar-refractivity contribution in [1.29, 1.82) is 0 Å². The van der Waals surface area contributed by atoms with E-state index in [-0.39, 0.29) is 11.8 Å². The molecule has 0 heterocycles. The summed E-state index contributed by atoms with van der Waals surface area (Å²) in [5, 5.41) is 10.6. The first-order valence-electron chi connectivity index (χ1n) is 6.03. The van der Waals surface area contributed by atoms with Gasteiger partial charge in [0.15, 0.2) is 0 Å². The van der Waals surface area contributed by atoms with E-state index < -0.39 is 0 Å². The van der Waals surface area contributed by atoms with Gasteiger partial charge in [0.05, 0.1) is 9.50 Å². The predicted octanol–water partition coefficient (Wildman–Crippen LogP) is 4.39. The Bertz CT molecular complexity index is 405. The van der Waals surface area contributed by atoms with Crippen molar-refractivity contribution in [3.8, 4) is 5.75 Å². The Morgan fingerprint density at radius 3 is 2.59 bits per heavy atom. The fourth-order valence-electron chi connectivity index (χ4n) is 2.57. The average Bonchev–Trinajstić information content (AvgIpc) is 2.36. The zero-order valence-electron chi connectivity index (χ0n) is 9.63. The number of nitrogens with two attached hydrogens (primary N) is 1. The Hall–Kier alpha value is -0.250. The molecule has 0 aliphatic heterocycles. The molecule has 94 valence electrons. The van der Waals surface area contributed by atoms with Crippen molar-refractivity contribution in [3.05, 3.63) is 27.2 Å². The normalized spacial score (nSPS) is 19.2. The van der Waals surface area contributed by atoms with Crippen LogP contribution in [-0.2, 0) is 0 Å². The van der Waals surface area contributed by atoms with Gasteiger partial charge in [-0.15, -0.1) is 0 Å². The Labute approximate surface area is 115 Å². The standard InChI is InChI=1S/C13H17BrClNO/c14-11-10(15)7-6-9(13(11)17)12(16)8-4-2-1-3-5-8/h6-8,12,17H,1-5,16H2/t12-/m0/s1. The molecule has 1 aromatic rings. The smallest absolute Gasteiger partial charge is 0.136 e. The third-order valence-corrected chi connectivity index (χ3v) is 4.96. The molecule has 1 saturated carbocycles. The Kier molecular flexibility index (Phi) is 4.34. The summed E-state index contributed by atoms with van der Waals surface area (Å²) in [6, 6.07) is 3.52. The molecule has 0 aromatic heterocycles. The summed E-state index contributed by atoms with van der Waals surface area (Å²) in [6.07, 6.45) is 6.10. The van der Waals surface area contributed by atoms with E-state index in [0.717, 1.165) is 18.4 Å². The molecular formula is C13H17BrClNO. The lowest BCUT2D eigenvalue weighted by Crippen LogP contribution is -2.23. The molecule has 2 rings (SSSR count). The van der Waals surface area contributed by atoms with E-state index in [9.17, 15) is 5.11 Å². The summed E-state index contributed by atoms with van der Waals surface area (Å²) in [7, 11) is 0. The highest BCUT2D eigenvalue weighted by Gasteiger charge is 2.25. The first-order chi connectivity index (χ1) is 8.11. The maximum absolute atomic E-state index is 10.1. The Morgan fingerprint density at radius 1 is 1.29 bits per heavy atom. The van der Waals surface area contributed by atoms with Crippen LogP contribution >= 0.6 is 27.5 Å². The molecule has 3 N–H and O–H groups in total. The topological polar surface area (TPSA) is 46.2 Å². The average molecular weight is 319 g/mol. The van der Waals surface area contributed by atoms with E-state index in [1.807, 2.05) is 6.07 Å². The molecule has 0 bridgehead atoms. The van der Waals surface area contributed by atoms with Crippen LogP contribution in [0, 0.1) is 5.92 Å². The molecule has 4 heteroatoms. The van der Waals surface area contributed by atoms with Crippen LogP contribution in [0.1, 0.15) is 43.7 Å². The lowest BCUT2D eigenvalue weighted by molar-refractivity contribution is 0.303. The summed E-state index contributed by atoms with van der Waals surface area (Å²) in [5.41, 5.74) is 7.06. The molecular weight excluding hydrogens is 302 g/mol. The highest BCUT2D eigenvalue weighted by Crippen LogP contribution is 2.41. The molecule has 1 aliphatic rings. The highest BCUT2D eigenvalue weighted by molar-refractivity contribution is 9.10. The Morgan fingerprint density at radius 2 is 1.94 bits per heavy atom. The zero-order valence-corrected chi connectivity index (χ0v) is 12.0. The second kappa shape index (κ2) is 5.59. The third-order valence-electron chi connectivity index (χ3n) is 3.62. The largest absolute Gasteiger partial charge is 0.506 e. The van der Waals surface area contributed by atoms with Gasteiger partial charge in [-0.25, -0.2) is 0 Å². The molecule has 0 unspecified atom stereocenters. The zero-order chi connectivity index (χ0) is 12.4. The van der Waals surface area contributed by atoms with E-state index in [1.165, 1.54) is 19.3 Å². The van der Waals surface area contributed by atoms with Crippen molar-refractivity contribution < 1.29 is 5.11 Å². The minimum Gasteiger partial charge on any atom is -0.506 e. The van der Waals surface area contributed by atoms with Crippen LogP contribution in [0.4, 0.5) is 0 Å². The van der Waals surface area contributed by atoms with E-state index >= 15 is 0 Å². The van der Waals surface area contributed by atoms with Gasteiger partial charge in [0.1, 0.15) is 5.75 Å². The van der Waals surface area contributed by atoms with Crippen LogP contribution in [0.3, 0.4) is 0 Å². The lowest BCUT2D eigenvalue weighted by atomic mass is 9.81. The van der Waals surface area contributed by atoms with Crippen molar-refractivity contribution in [1.82, 2.24) is 0 Å². The highest BCUT2D eigenvalue weighted by atomic mass is 79.9. The number of hydrogen-bond acceptors (Lipinski definition) is 2. The van der Waals surface area contributed by atoms with Crippen LogP contribution in [0.2, 0.25) is 5.02 Å². The monoisotopic (exact) mass is 317 g/mol. The summed E-state index contributed by atoms with van der Waals surface area (Å²) in [5.74, 6) is 0.665. The van der Waals surface area contributed by atoms with Crippen molar-refractivity contribution in [2.24, 2.45) is 11.7 Å². The minimum atomic E-state index is -0.0936. The summed E-state index contributed by atoms with van der Waals surface area (Å²) < 4.78 is 0.544. The molecule has 1 fully saturated rings. The first kappa shape index (κ1) is 13.2. The summed E-state index contributed by atoms with van der Waals surface area (Å²) >= 11 is 9.21. The van der Waals surface area contributed by atoms with Crippen LogP contribution in [0.5, 0.6) is 5.75 Å². The van der Waals surface area contributed by atoms with Crippen LogP contribution in [-0.4, -0.2) is 5.11 Å². The van der Waals surface area contributed by atoms with Crippen molar-refractivity contribution in [2.75, 3.05) is 0 Å². The number of phenolic OH excluding ortho intramolecular Hbond substituents is 1. The fraction of sp³-hybridized carbons (Fsp3) is 0.538. The summed E-state index contributed by atoms with van der Waals surface area (Å²) in [6.45, 7) is 0. The van der Waals surface area contributed by atoms with E-state index in [1.54, 1.807) is 6.07 Å². The van der Waals surface area contributed by atoms with Crippen LogP contribution < -0.4 is 5.73 Å². The quantitative estimate of drug-likeness (QED) is 0.849. The van der Waals surface area contributed by atoms with Crippen LogP contribution in [0.15, 0.2) is 16.6 Å². The Balaban J connectivity index is 2.24. The van der Waals surface area contributed by atoms with Crippen molar-refractivity contribution in [2.45, 2.75) is 38.1 Å². The van der Waals surface area contributed by atoms with Crippen LogP contribution in [0.25, 0.3) is 0 Å². The van der Waals surface area contributed by atoms with Gasteiger partial charge >= 0.3 is 0 Å². The van der Waals surface area contributed by atoms with Gasteiger partial charge in [0, 0.05) is 11.6 Å². The van der Waals surface area contributed by atoms with Gasteiger partial charge in [-0.2, -0.15) is 0 Å².